The van der Waals surface area contributed by atoms with Gasteiger partial charge in [-0.2, -0.15) is 0 Å². The minimum absolute atomic E-state index is 0. The Morgan fingerprint density at radius 2 is 2.00 bits per heavy atom. The zero-order valence-corrected chi connectivity index (χ0v) is 14.0. The van der Waals surface area contributed by atoms with Crippen LogP contribution >= 0.6 is 24.8 Å². The van der Waals surface area contributed by atoms with Gasteiger partial charge in [-0.25, -0.2) is 0 Å². The van der Waals surface area contributed by atoms with E-state index in [1.807, 2.05) is 30.3 Å². The topological polar surface area (TPSA) is 44.4 Å². The lowest BCUT2D eigenvalue weighted by molar-refractivity contribution is -0.120. The van der Waals surface area contributed by atoms with Crippen molar-refractivity contribution in [2.24, 2.45) is 0 Å². The quantitative estimate of drug-likeness (QED) is 0.870. The predicted octanol–water partition coefficient (Wildman–Crippen LogP) is 2.54. The minimum atomic E-state index is 0. The molecule has 1 aliphatic rings. The normalized spacial score (nSPS) is 18.0. The summed E-state index contributed by atoms with van der Waals surface area (Å²) in [5.74, 6) is 0.0757. The van der Waals surface area contributed by atoms with Gasteiger partial charge in [-0.3, -0.25) is 4.79 Å². The highest BCUT2D eigenvalue weighted by molar-refractivity contribution is 5.85. The fourth-order valence-electron chi connectivity index (χ4n) is 2.48. The Balaban J connectivity index is 0.00000200. The molecule has 0 aromatic heterocycles. The van der Waals surface area contributed by atoms with E-state index in [2.05, 4.69) is 22.5 Å². The SMILES string of the molecule is CCN1CCCC(NC(=O)CNc2ccccc2)C1.Cl.Cl. The lowest BCUT2D eigenvalue weighted by Crippen LogP contribution is -2.48. The second kappa shape index (κ2) is 10.7. The van der Waals surface area contributed by atoms with Crippen molar-refractivity contribution in [3.8, 4) is 0 Å². The van der Waals surface area contributed by atoms with Crippen LogP contribution in [0, 0.1) is 0 Å². The highest BCUT2D eigenvalue weighted by Crippen LogP contribution is 2.09. The Labute approximate surface area is 139 Å². The second-order valence-corrected chi connectivity index (χ2v) is 5.02. The van der Waals surface area contributed by atoms with Gasteiger partial charge in [0.2, 0.25) is 5.91 Å². The molecule has 2 rings (SSSR count). The second-order valence-electron chi connectivity index (χ2n) is 5.02. The van der Waals surface area contributed by atoms with E-state index in [9.17, 15) is 4.79 Å². The molecule has 1 unspecified atom stereocenters. The Bertz CT molecular complexity index is 403. The summed E-state index contributed by atoms with van der Waals surface area (Å²) in [5, 5.41) is 6.24. The Morgan fingerprint density at radius 1 is 1.29 bits per heavy atom. The van der Waals surface area contributed by atoms with Crippen LogP contribution in [0.4, 0.5) is 5.69 Å². The van der Waals surface area contributed by atoms with Crippen molar-refractivity contribution in [1.82, 2.24) is 10.2 Å². The average molecular weight is 334 g/mol. The molecule has 1 saturated heterocycles. The highest BCUT2D eigenvalue weighted by atomic mass is 35.5. The fraction of sp³-hybridized carbons (Fsp3) is 0.533. The van der Waals surface area contributed by atoms with Crippen molar-refractivity contribution in [2.75, 3.05) is 31.5 Å². The third-order valence-electron chi connectivity index (χ3n) is 3.54. The van der Waals surface area contributed by atoms with Gasteiger partial charge in [0, 0.05) is 18.3 Å². The third-order valence-corrected chi connectivity index (χ3v) is 3.54. The smallest absolute Gasteiger partial charge is 0.239 e. The van der Waals surface area contributed by atoms with E-state index in [1.54, 1.807) is 0 Å². The number of amides is 1. The van der Waals surface area contributed by atoms with E-state index in [0.29, 0.717) is 12.6 Å². The van der Waals surface area contributed by atoms with Crippen molar-refractivity contribution in [3.05, 3.63) is 30.3 Å². The first kappa shape index (κ1) is 20.0. The number of carbonyl (C=O) groups excluding carboxylic acids is 1. The molecule has 0 saturated carbocycles. The molecule has 120 valence electrons. The number of anilines is 1. The molecule has 0 spiro atoms. The molecule has 2 N–H and O–H groups in total. The summed E-state index contributed by atoms with van der Waals surface area (Å²) in [4.78, 5) is 14.3. The van der Waals surface area contributed by atoms with Gasteiger partial charge in [0.25, 0.3) is 0 Å². The van der Waals surface area contributed by atoms with Gasteiger partial charge in [0.05, 0.1) is 6.54 Å². The molecule has 1 fully saturated rings. The lowest BCUT2D eigenvalue weighted by atomic mass is 10.1. The number of benzene rings is 1. The summed E-state index contributed by atoms with van der Waals surface area (Å²) < 4.78 is 0. The molecule has 6 heteroatoms. The van der Waals surface area contributed by atoms with Gasteiger partial charge in [0.1, 0.15) is 0 Å². The van der Waals surface area contributed by atoms with Gasteiger partial charge < -0.3 is 15.5 Å². The van der Waals surface area contributed by atoms with Gasteiger partial charge in [-0.1, -0.05) is 25.1 Å². The van der Waals surface area contributed by atoms with Crippen LogP contribution in [0.2, 0.25) is 0 Å². The Hall–Kier alpha value is -0.970. The number of halogens is 2. The van der Waals surface area contributed by atoms with Crippen LogP contribution in [0.25, 0.3) is 0 Å². The Morgan fingerprint density at radius 3 is 2.67 bits per heavy atom. The molecule has 1 heterocycles. The summed E-state index contributed by atoms with van der Waals surface area (Å²) in [6.45, 7) is 5.71. The van der Waals surface area contributed by atoms with Crippen LogP contribution in [-0.2, 0) is 4.79 Å². The molecule has 0 bridgehead atoms. The molecule has 1 aromatic carbocycles. The lowest BCUT2D eigenvalue weighted by Gasteiger charge is -2.32. The largest absolute Gasteiger partial charge is 0.376 e. The van der Waals surface area contributed by atoms with Crippen LogP contribution in [0.3, 0.4) is 0 Å². The van der Waals surface area contributed by atoms with Crippen LogP contribution in [0.5, 0.6) is 0 Å². The molecular weight excluding hydrogens is 309 g/mol. The fourth-order valence-corrected chi connectivity index (χ4v) is 2.48. The van der Waals surface area contributed by atoms with Crippen molar-refractivity contribution < 1.29 is 4.79 Å². The molecule has 1 aromatic rings. The van der Waals surface area contributed by atoms with E-state index in [4.69, 9.17) is 0 Å². The van der Waals surface area contributed by atoms with Crippen LogP contribution < -0.4 is 10.6 Å². The number of para-hydroxylation sites is 1. The molecule has 21 heavy (non-hydrogen) atoms. The van der Waals surface area contributed by atoms with Crippen molar-refractivity contribution in [2.45, 2.75) is 25.8 Å². The summed E-state index contributed by atoms with van der Waals surface area (Å²) in [5.41, 5.74) is 0.983. The molecule has 1 atom stereocenters. The number of rotatable bonds is 5. The molecule has 4 nitrogen and oxygen atoms in total. The molecule has 0 radical (unpaired) electrons. The van der Waals surface area contributed by atoms with E-state index in [-0.39, 0.29) is 30.7 Å². The number of likely N-dealkylation sites (tertiary alicyclic amines) is 1. The standard InChI is InChI=1S/C15H23N3O.2ClH/c1-2-18-10-6-9-14(12-18)17-15(19)11-16-13-7-4-3-5-8-13;;/h3-5,7-8,14,16H,2,6,9-12H2,1H3,(H,17,19);2*1H. The number of carbonyl (C=O) groups is 1. The summed E-state index contributed by atoms with van der Waals surface area (Å²) in [6, 6.07) is 10.1. The van der Waals surface area contributed by atoms with E-state index in [0.717, 1.165) is 31.7 Å². The molecule has 0 aliphatic carbocycles. The first-order chi connectivity index (χ1) is 9.28. The van der Waals surface area contributed by atoms with Gasteiger partial charge in [-0.15, -0.1) is 24.8 Å². The number of nitrogens with zero attached hydrogens (tertiary/aromatic N) is 1. The number of piperidine rings is 1. The van der Waals surface area contributed by atoms with Crippen molar-refractivity contribution >= 4 is 36.4 Å². The van der Waals surface area contributed by atoms with Crippen LogP contribution in [0.1, 0.15) is 19.8 Å². The predicted molar refractivity (Wildman–Crippen MR) is 92.7 cm³/mol. The van der Waals surface area contributed by atoms with E-state index < -0.39 is 0 Å². The van der Waals surface area contributed by atoms with Crippen LogP contribution in [-0.4, -0.2) is 43.0 Å². The van der Waals surface area contributed by atoms with Gasteiger partial charge in [0.15, 0.2) is 0 Å². The van der Waals surface area contributed by atoms with Gasteiger partial charge in [-0.05, 0) is 38.1 Å². The third kappa shape index (κ3) is 7.02. The maximum atomic E-state index is 11.9. The first-order valence-electron chi connectivity index (χ1n) is 7.08. The van der Waals surface area contributed by atoms with E-state index in [1.165, 1.54) is 6.42 Å². The average Bonchev–Trinajstić information content (AvgIpc) is 2.46. The maximum Gasteiger partial charge on any atom is 0.239 e. The van der Waals surface area contributed by atoms with E-state index >= 15 is 0 Å². The first-order valence-corrected chi connectivity index (χ1v) is 7.08. The minimum Gasteiger partial charge on any atom is -0.376 e. The monoisotopic (exact) mass is 333 g/mol. The maximum absolute atomic E-state index is 11.9. The molecule has 1 aliphatic heterocycles. The van der Waals surface area contributed by atoms with Crippen LogP contribution in [0.15, 0.2) is 30.3 Å². The number of hydrogen-bond donors (Lipinski definition) is 2. The van der Waals surface area contributed by atoms with Crippen molar-refractivity contribution in [3.63, 3.8) is 0 Å². The molecule has 1 amide bonds. The zero-order valence-electron chi connectivity index (χ0n) is 12.4. The summed E-state index contributed by atoms with van der Waals surface area (Å²) in [7, 11) is 0. The highest BCUT2D eigenvalue weighted by Gasteiger charge is 2.19. The zero-order chi connectivity index (χ0) is 13.5. The number of nitrogens with one attached hydrogen (secondary N) is 2. The van der Waals surface area contributed by atoms with Crippen molar-refractivity contribution in [1.29, 1.82) is 0 Å². The summed E-state index contributed by atoms with van der Waals surface area (Å²) >= 11 is 0. The Kier molecular flexibility index (Phi) is 10.2. The van der Waals surface area contributed by atoms with Gasteiger partial charge >= 0.3 is 0 Å². The molecular formula is C15H25Cl2N3O. The number of hydrogen-bond acceptors (Lipinski definition) is 3. The summed E-state index contributed by atoms with van der Waals surface area (Å²) in [6.07, 6.45) is 2.26. The number of likely N-dealkylation sites (N-methyl/N-ethyl adjacent to an activating group) is 1.